The van der Waals surface area contributed by atoms with Crippen molar-refractivity contribution in [2.24, 2.45) is 0 Å². The van der Waals surface area contributed by atoms with Crippen LogP contribution < -0.4 is 5.32 Å². The molecular formula is C13H19BrFNO3. The lowest BCUT2D eigenvalue weighted by molar-refractivity contribution is 0.0272. The van der Waals surface area contributed by atoms with Gasteiger partial charge in [0, 0.05) is 18.1 Å². The molecule has 0 aliphatic heterocycles. The Balaban J connectivity index is 2.03. The second kappa shape index (κ2) is 10.1. The second-order valence-corrected chi connectivity index (χ2v) is 4.62. The van der Waals surface area contributed by atoms with E-state index in [1.54, 1.807) is 13.2 Å². The highest BCUT2D eigenvalue weighted by molar-refractivity contribution is 9.10. The molecule has 1 rings (SSSR count). The lowest BCUT2D eigenvalue weighted by Gasteiger charge is -2.09. The molecule has 108 valence electrons. The molecule has 0 aliphatic rings. The van der Waals surface area contributed by atoms with Gasteiger partial charge in [-0.25, -0.2) is 4.39 Å². The smallest absolute Gasteiger partial charge is 0.125 e. The lowest BCUT2D eigenvalue weighted by atomic mass is 10.3. The van der Waals surface area contributed by atoms with E-state index in [0.29, 0.717) is 39.6 Å². The average molecular weight is 336 g/mol. The summed E-state index contributed by atoms with van der Waals surface area (Å²) in [7, 11) is 1.63. The molecular weight excluding hydrogens is 317 g/mol. The molecule has 0 aliphatic carbocycles. The maximum absolute atomic E-state index is 13.0. The Hall–Kier alpha value is -0.690. The van der Waals surface area contributed by atoms with E-state index < -0.39 is 0 Å². The minimum atomic E-state index is -0.266. The van der Waals surface area contributed by atoms with Crippen molar-refractivity contribution >= 4 is 21.6 Å². The lowest BCUT2D eigenvalue weighted by Crippen LogP contribution is -2.13. The van der Waals surface area contributed by atoms with E-state index in [1.807, 2.05) is 0 Å². The summed E-state index contributed by atoms with van der Waals surface area (Å²) in [6.07, 6.45) is 0. The van der Waals surface area contributed by atoms with Gasteiger partial charge in [-0.1, -0.05) is 0 Å². The van der Waals surface area contributed by atoms with Gasteiger partial charge in [0.2, 0.25) is 0 Å². The van der Waals surface area contributed by atoms with E-state index in [-0.39, 0.29) is 5.82 Å². The van der Waals surface area contributed by atoms with Gasteiger partial charge in [0.1, 0.15) is 5.82 Å². The van der Waals surface area contributed by atoms with Gasteiger partial charge in [0.15, 0.2) is 0 Å². The zero-order valence-corrected chi connectivity index (χ0v) is 12.5. The van der Waals surface area contributed by atoms with Crippen molar-refractivity contribution in [1.29, 1.82) is 0 Å². The Morgan fingerprint density at radius 2 is 1.79 bits per heavy atom. The molecule has 1 aromatic carbocycles. The summed E-state index contributed by atoms with van der Waals surface area (Å²) in [6.45, 7) is 3.41. The van der Waals surface area contributed by atoms with E-state index in [1.165, 1.54) is 12.1 Å². The molecule has 0 atom stereocenters. The van der Waals surface area contributed by atoms with Crippen LogP contribution in [0.15, 0.2) is 22.7 Å². The maximum atomic E-state index is 13.0. The van der Waals surface area contributed by atoms with Crippen LogP contribution in [0, 0.1) is 5.82 Å². The molecule has 0 unspecified atom stereocenters. The van der Waals surface area contributed by atoms with E-state index >= 15 is 0 Å². The monoisotopic (exact) mass is 335 g/mol. The fourth-order valence-corrected chi connectivity index (χ4v) is 1.74. The van der Waals surface area contributed by atoms with E-state index in [0.717, 1.165) is 10.2 Å². The number of halogens is 2. The van der Waals surface area contributed by atoms with Gasteiger partial charge >= 0.3 is 0 Å². The molecule has 0 saturated heterocycles. The Bertz CT molecular complexity index is 366. The zero-order valence-electron chi connectivity index (χ0n) is 11.0. The zero-order chi connectivity index (χ0) is 13.9. The fourth-order valence-electron chi connectivity index (χ4n) is 1.36. The Kier molecular flexibility index (Phi) is 8.73. The quantitative estimate of drug-likeness (QED) is 0.667. The van der Waals surface area contributed by atoms with Crippen molar-refractivity contribution < 1.29 is 18.6 Å². The molecule has 0 heterocycles. The molecule has 0 amide bonds. The molecule has 1 aromatic rings. The SMILES string of the molecule is COCCOCCOCCNc1cc(F)ccc1Br. The normalized spacial score (nSPS) is 10.7. The number of anilines is 1. The highest BCUT2D eigenvalue weighted by atomic mass is 79.9. The van der Waals surface area contributed by atoms with Gasteiger partial charge in [0.05, 0.1) is 38.7 Å². The van der Waals surface area contributed by atoms with Crippen LogP contribution >= 0.6 is 15.9 Å². The molecule has 0 radical (unpaired) electrons. The van der Waals surface area contributed by atoms with E-state index in [2.05, 4.69) is 21.2 Å². The van der Waals surface area contributed by atoms with Crippen LogP contribution in [-0.4, -0.2) is 46.7 Å². The van der Waals surface area contributed by atoms with Crippen LogP contribution in [-0.2, 0) is 14.2 Å². The molecule has 0 aromatic heterocycles. The molecule has 1 N–H and O–H groups in total. The van der Waals surface area contributed by atoms with Crippen LogP contribution in [0.25, 0.3) is 0 Å². The third-order valence-corrected chi connectivity index (χ3v) is 2.99. The minimum absolute atomic E-state index is 0.266. The minimum Gasteiger partial charge on any atom is -0.382 e. The topological polar surface area (TPSA) is 39.7 Å². The van der Waals surface area contributed by atoms with Crippen LogP contribution in [0.4, 0.5) is 10.1 Å². The third kappa shape index (κ3) is 7.47. The van der Waals surface area contributed by atoms with Crippen LogP contribution in [0.2, 0.25) is 0 Å². The summed E-state index contributed by atoms with van der Waals surface area (Å²) in [5, 5.41) is 3.09. The first-order chi connectivity index (χ1) is 9.24. The van der Waals surface area contributed by atoms with Gasteiger partial charge in [-0.05, 0) is 34.1 Å². The standard InChI is InChI=1S/C13H19BrFNO3/c1-17-6-7-19-9-8-18-5-4-16-13-10-11(15)2-3-12(13)14/h2-3,10,16H,4-9H2,1H3. The summed E-state index contributed by atoms with van der Waals surface area (Å²) in [5.41, 5.74) is 0.722. The highest BCUT2D eigenvalue weighted by Gasteiger charge is 2.00. The maximum Gasteiger partial charge on any atom is 0.125 e. The number of nitrogens with one attached hydrogen (secondary N) is 1. The summed E-state index contributed by atoms with van der Waals surface area (Å²) in [5.74, 6) is -0.266. The Labute approximate surface area is 121 Å². The molecule has 0 bridgehead atoms. The van der Waals surface area contributed by atoms with Crippen molar-refractivity contribution in [3.05, 3.63) is 28.5 Å². The van der Waals surface area contributed by atoms with Crippen LogP contribution in [0.5, 0.6) is 0 Å². The van der Waals surface area contributed by atoms with Gasteiger partial charge < -0.3 is 19.5 Å². The van der Waals surface area contributed by atoms with Gasteiger partial charge in [-0.15, -0.1) is 0 Å². The van der Waals surface area contributed by atoms with Crippen molar-refractivity contribution in [2.45, 2.75) is 0 Å². The largest absolute Gasteiger partial charge is 0.382 e. The number of hydrogen-bond acceptors (Lipinski definition) is 4. The first kappa shape index (κ1) is 16.4. The molecule has 6 heteroatoms. The number of benzene rings is 1. The van der Waals surface area contributed by atoms with E-state index in [4.69, 9.17) is 14.2 Å². The predicted molar refractivity (Wildman–Crippen MR) is 76.1 cm³/mol. The van der Waals surface area contributed by atoms with Crippen LogP contribution in [0.1, 0.15) is 0 Å². The summed E-state index contributed by atoms with van der Waals surface area (Å²) in [6, 6.07) is 4.52. The number of rotatable bonds is 10. The van der Waals surface area contributed by atoms with Crippen molar-refractivity contribution in [3.63, 3.8) is 0 Å². The van der Waals surface area contributed by atoms with Gasteiger partial charge in [-0.3, -0.25) is 0 Å². The molecule has 0 spiro atoms. The molecule has 0 saturated carbocycles. The Morgan fingerprint density at radius 1 is 1.11 bits per heavy atom. The van der Waals surface area contributed by atoms with E-state index in [9.17, 15) is 4.39 Å². The molecule has 0 fully saturated rings. The van der Waals surface area contributed by atoms with Crippen molar-refractivity contribution in [2.75, 3.05) is 52.0 Å². The van der Waals surface area contributed by atoms with Crippen molar-refractivity contribution in [3.8, 4) is 0 Å². The molecule has 19 heavy (non-hydrogen) atoms. The highest BCUT2D eigenvalue weighted by Crippen LogP contribution is 2.22. The number of ether oxygens (including phenoxy) is 3. The fraction of sp³-hybridized carbons (Fsp3) is 0.538. The average Bonchev–Trinajstić information content (AvgIpc) is 2.40. The first-order valence-corrected chi connectivity index (χ1v) is 6.86. The number of hydrogen-bond donors (Lipinski definition) is 1. The summed E-state index contributed by atoms with van der Waals surface area (Å²) >= 11 is 3.35. The molecule has 4 nitrogen and oxygen atoms in total. The summed E-state index contributed by atoms with van der Waals surface area (Å²) < 4.78 is 29.3. The van der Waals surface area contributed by atoms with Crippen molar-refractivity contribution in [1.82, 2.24) is 0 Å². The Morgan fingerprint density at radius 3 is 2.53 bits per heavy atom. The number of methoxy groups -OCH3 is 1. The first-order valence-electron chi connectivity index (χ1n) is 6.07. The van der Waals surface area contributed by atoms with Crippen LogP contribution in [0.3, 0.4) is 0 Å². The second-order valence-electron chi connectivity index (χ2n) is 3.77. The third-order valence-electron chi connectivity index (χ3n) is 2.29. The van der Waals surface area contributed by atoms with Gasteiger partial charge in [-0.2, -0.15) is 0 Å². The predicted octanol–water partition coefficient (Wildman–Crippen LogP) is 2.68. The summed E-state index contributed by atoms with van der Waals surface area (Å²) in [4.78, 5) is 0. The van der Waals surface area contributed by atoms with Gasteiger partial charge in [0.25, 0.3) is 0 Å².